The fraction of sp³-hybridized carbons (Fsp3) is 0.333. The van der Waals surface area contributed by atoms with E-state index in [9.17, 15) is 9.90 Å². The lowest BCUT2D eigenvalue weighted by Crippen LogP contribution is -2.24. The largest absolute Gasteiger partial charge is 0.497 e. The van der Waals surface area contributed by atoms with Crippen LogP contribution in [0.4, 0.5) is 0 Å². The molecule has 7 nitrogen and oxygen atoms in total. The number of carbonyl (C=O) groups is 1. The Kier molecular flexibility index (Phi) is 5.21. The number of rotatable bonds is 6. The summed E-state index contributed by atoms with van der Waals surface area (Å²) in [6, 6.07) is 12.5. The van der Waals surface area contributed by atoms with E-state index in [-0.39, 0.29) is 0 Å². The Morgan fingerprint density at radius 3 is 2.62 bits per heavy atom. The predicted molar refractivity (Wildman–Crippen MR) is 121 cm³/mol. The van der Waals surface area contributed by atoms with E-state index in [0.717, 1.165) is 29.7 Å². The molecule has 3 aromatic rings. The van der Waals surface area contributed by atoms with E-state index in [4.69, 9.17) is 21.3 Å². The topological polar surface area (TPSA) is 89.6 Å². The van der Waals surface area contributed by atoms with Crippen molar-refractivity contribution in [2.45, 2.75) is 32.2 Å². The quantitative estimate of drug-likeness (QED) is 0.591. The van der Waals surface area contributed by atoms with Crippen molar-refractivity contribution in [3.63, 3.8) is 0 Å². The normalized spacial score (nSPS) is 18.2. The number of carboxylic acid groups (broad SMARTS) is 1. The van der Waals surface area contributed by atoms with Crippen LogP contribution in [-0.2, 0) is 4.79 Å². The van der Waals surface area contributed by atoms with Crippen LogP contribution in [-0.4, -0.2) is 38.7 Å². The lowest BCUT2D eigenvalue weighted by molar-refractivity contribution is -0.143. The molecule has 1 aliphatic carbocycles. The van der Waals surface area contributed by atoms with E-state index in [1.54, 1.807) is 7.11 Å². The van der Waals surface area contributed by atoms with Gasteiger partial charge >= 0.3 is 5.97 Å². The van der Waals surface area contributed by atoms with Gasteiger partial charge in [-0.3, -0.25) is 14.4 Å². The molecule has 0 spiro atoms. The molecule has 0 amide bonds. The zero-order chi connectivity index (χ0) is 22.4. The maximum atomic E-state index is 12.4. The van der Waals surface area contributed by atoms with Crippen LogP contribution in [0.2, 0.25) is 5.02 Å². The third-order valence-electron chi connectivity index (χ3n) is 6.18. The number of hydrogen-bond acceptors (Lipinski definition) is 5. The second-order valence-electron chi connectivity index (χ2n) is 8.38. The molecule has 1 N–H and O–H groups in total. The number of aliphatic imine (C=N–C) groups is 1. The molecule has 2 atom stereocenters. The first-order valence-corrected chi connectivity index (χ1v) is 11.0. The molecular formula is C24H23ClN4O3. The van der Waals surface area contributed by atoms with Gasteiger partial charge in [-0.15, -0.1) is 10.2 Å². The zero-order valence-electron chi connectivity index (χ0n) is 17.8. The molecule has 1 aliphatic heterocycles. The number of hydrogen-bond donors (Lipinski definition) is 1. The van der Waals surface area contributed by atoms with Crippen molar-refractivity contribution in [3.05, 3.63) is 70.3 Å². The second kappa shape index (κ2) is 8.06. The molecule has 2 aliphatic rings. The number of halogens is 1. The minimum Gasteiger partial charge on any atom is -0.497 e. The number of ether oxygens (including phenoxy) is 1. The van der Waals surface area contributed by atoms with Gasteiger partial charge in [0.25, 0.3) is 0 Å². The lowest BCUT2D eigenvalue weighted by atomic mass is 9.93. The first-order chi connectivity index (χ1) is 15.5. The van der Waals surface area contributed by atoms with Crippen LogP contribution in [0.25, 0.3) is 5.69 Å². The highest BCUT2D eigenvalue weighted by Gasteiger charge is 2.40. The number of fused-ring (bicyclic) bond motifs is 3. The molecule has 32 heavy (non-hydrogen) atoms. The Bertz CT molecular complexity index is 1210. The van der Waals surface area contributed by atoms with Crippen molar-refractivity contribution in [1.82, 2.24) is 14.8 Å². The highest BCUT2D eigenvalue weighted by Crippen LogP contribution is 2.43. The first-order valence-electron chi connectivity index (χ1n) is 10.6. The molecule has 1 aromatic heterocycles. The van der Waals surface area contributed by atoms with Gasteiger partial charge in [-0.25, -0.2) is 0 Å². The Morgan fingerprint density at radius 2 is 1.97 bits per heavy atom. The summed E-state index contributed by atoms with van der Waals surface area (Å²) in [4.78, 5) is 17.5. The molecule has 5 rings (SSSR count). The monoisotopic (exact) mass is 450 g/mol. The summed E-state index contributed by atoms with van der Waals surface area (Å²) in [5.74, 6) is 0.781. The maximum Gasteiger partial charge on any atom is 0.309 e. The van der Waals surface area contributed by atoms with Gasteiger partial charge in [0, 0.05) is 16.1 Å². The Labute approximate surface area is 190 Å². The first kappa shape index (κ1) is 20.7. The molecule has 8 heteroatoms. The summed E-state index contributed by atoms with van der Waals surface area (Å²) in [6.45, 7) is 1.87. The maximum absolute atomic E-state index is 12.4. The van der Waals surface area contributed by atoms with Gasteiger partial charge in [-0.1, -0.05) is 36.6 Å². The Morgan fingerprint density at radius 1 is 1.22 bits per heavy atom. The van der Waals surface area contributed by atoms with Crippen molar-refractivity contribution < 1.29 is 14.6 Å². The highest BCUT2D eigenvalue weighted by atomic mass is 35.5. The van der Waals surface area contributed by atoms with Crippen molar-refractivity contribution >= 4 is 23.3 Å². The number of aromatic nitrogens is 3. The standard InChI is InChI=1S/C24H23ClN4O3/c1-13-27-28-23-22(19(24(30)31)11-14-3-4-14)26-21(15-5-7-16(25)8-6-15)18-12-17(32-2)9-10-20(18)29(13)23/h5-10,12,14,19,22H,3-4,11H2,1-2H3,(H,30,31). The van der Waals surface area contributed by atoms with Crippen molar-refractivity contribution in [2.24, 2.45) is 16.8 Å². The number of benzene rings is 2. The van der Waals surface area contributed by atoms with Crippen LogP contribution in [0, 0.1) is 18.8 Å². The molecule has 0 saturated heterocycles. The number of nitrogens with zero attached hydrogens (tertiary/aromatic N) is 4. The van der Waals surface area contributed by atoms with E-state index in [1.165, 1.54) is 0 Å². The molecule has 2 heterocycles. The average Bonchev–Trinajstić information content (AvgIpc) is 3.55. The van der Waals surface area contributed by atoms with E-state index >= 15 is 0 Å². The molecule has 164 valence electrons. The summed E-state index contributed by atoms with van der Waals surface area (Å²) >= 11 is 6.13. The SMILES string of the molecule is COc1ccc2c(c1)C(c1ccc(Cl)cc1)=NC(C(CC1CC1)C(=O)O)c1nnc(C)n1-2. The molecular weight excluding hydrogens is 428 g/mol. The van der Waals surface area contributed by atoms with Crippen LogP contribution >= 0.6 is 11.6 Å². The van der Waals surface area contributed by atoms with Gasteiger partial charge < -0.3 is 9.84 Å². The molecule has 0 bridgehead atoms. The fourth-order valence-corrected chi connectivity index (χ4v) is 4.47. The van der Waals surface area contributed by atoms with Crippen LogP contribution < -0.4 is 4.74 Å². The highest BCUT2D eigenvalue weighted by molar-refractivity contribution is 6.30. The van der Waals surface area contributed by atoms with Crippen LogP contribution in [0.5, 0.6) is 5.75 Å². The summed E-state index contributed by atoms with van der Waals surface area (Å²) < 4.78 is 7.41. The van der Waals surface area contributed by atoms with Crippen LogP contribution in [0.3, 0.4) is 0 Å². The molecule has 1 saturated carbocycles. The number of aliphatic carboxylic acids is 1. The minimum atomic E-state index is -0.864. The van der Waals surface area contributed by atoms with E-state index in [1.807, 2.05) is 54.0 Å². The molecule has 2 aromatic carbocycles. The van der Waals surface area contributed by atoms with E-state index < -0.39 is 17.9 Å². The third-order valence-corrected chi connectivity index (χ3v) is 6.43. The summed E-state index contributed by atoms with van der Waals surface area (Å²) in [6.07, 6.45) is 2.70. The van der Waals surface area contributed by atoms with Crippen molar-refractivity contribution in [2.75, 3.05) is 7.11 Å². The molecule has 0 radical (unpaired) electrons. The summed E-state index contributed by atoms with van der Waals surface area (Å²) in [5.41, 5.74) is 3.21. The van der Waals surface area contributed by atoms with Crippen LogP contribution in [0.1, 0.15) is 48.1 Å². The third kappa shape index (κ3) is 3.66. The lowest BCUT2D eigenvalue weighted by Gasteiger charge is -2.20. The van der Waals surface area contributed by atoms with Gasteiger partial charge in [-0.2, -0.15) is 0 Å². The molecule has 1 fully saturated rings. The van der Waals surface area contributed by atoms with Gasteiger partial charge in [0.05, 0.1) is 24.4 Å². The second-order valence-corrected chi connectivity index (χ2v) is 8.81. The minimum absolute atomic E-state index is 0.425. The van der Waals surface area contributed by atoms with Crippen molar-refractivity contribution in [3.8, 4) is 11.4 Å². The van der Waals surface area contributed by atoms with Crippen LogP contribution in [0.15, 0.2) is 47.5 Å². The van der Waals surface area contributed by atoms with E-state index in [0.29, 0.717) is 40.5 Å². The Balaban J connectivity index is 1.77. The van der Waals surface area contributed by atoms with Gasteiger partial charge in [0.15, 0.2) is 5.82 Å². The molecule has 2 unspecified atom stereocenters. The average molecular weight is 451 g/mol. The zero-order valence-corrected chi connectivity index (χ0v) is 18.6. The number of aryl methyl sites for hydroxylation is 1. The van der Waals surface area contributed by atoms with Crippen molar-refractivity contribution in [1.29, 1.82) is 0 Å². The van der Waals surface area contributed by atoms with Gasteiger partial charge in [0.2, 0.25) is 0 Å². The predicted octanol–water partition coefficient (Wildman–Crippen LogP) is 4.63. The fourth-order valence-electron chi connectivity index (χ4n) is 4.35. The van der Waals surface area contributed by atoms with Gasteiger partial charge in [0.1, 0.15) is 17.6 Å². The summed E-state index contributed by atoms with van der Waals surface area (Å²) in [7, 11) is 1.62. The van der Waals surface area contributed by atoms with E-state index in [2.05, 4.69) is 10.2 Å². The number of carboxylic acids is 1. The summed E-state index contributed by atoms with van der Waals surface area (Å²) in [5, 5.41) is 19.5. The Hall–Kier alpha value is -3.19. The number of methoxy groups -OCH3 is 1. The smallest absolute Gasteiger partial charge is 0.309 e. The van der Waals surface area contributed by atoms with Gasteiger partial charge in [-0.05, 0) is 49.6 Å².